The highest BCUT2D eigenvalue weighted by Crippen LogP contribution is 2.21. The van der Waals surface area contributed by atoms with Crippen LogP contribution >= 0.6 is 23.2 Å². The third-order valence-electron chi connectivity index (χ3n) is 3.78. The van der Waals surface area contributed by atoms with Gasteiger partial charge in [-0.05, 0) is 37.9 Å². The van der Waals surface area contributed by atoms with Gasteiger partial charge < -0.3 is 10.0 Å². The van der Waals surface area contributed by atoms with Gasteiger partial charge in [0.1, 0.15) is 5.82 Å². The molecule has 0 spiro atoms. The quantitative estimate of drug-likeness (QED) is 0.309. The number of rotatable bonds is 7. The molecule has 136 valence electrons. The number of allylic oxidation sites excluding steroid dienone is 1. The largest absolute Gasteiger partial charge is 0.858 e. The summed E-state index contributed by atoms with van der Waals surface area (Å²) in [6.07, 6.45) is 1.37. The molecule has 0 fully saturated rings. The highest BCUT2D eigenvalue weighted by atomic mass is 35.5. The third kappa shape index (κ3) is 5.10. The van der Waals surface area contributed by atoms with Crippen molar-refractivity contribution < 1.29 is 9.90 Å². The summed E-state index contributed by atoms with van der Waals surface area (Å²) in [6.45, 7) is 5.06. The Hall–Kier alpha value is -2.30. The summed E-state index contributed by atoms with van der Waals surface area (Å²) in [5.41, 5.74) is 0.727. The molecule has 0 bridgehead atoms. The molecule has 0 N–H and O–H groups in total. The zero-order valence-corrected chi connectivity index (χ0v) is 16.1. The van der Waals surface area contributed by atoms with Gasteiger partial charge in [0.05, 0.1) is 0 Å². The topological polar surface area (TPSA) is 55.7 Å². The molecule has 0 heterocycles. The standard InChI is InChI=1S/C20H20Cl2N2O2/c1-3-24(4-2)19(13-18(25)14-8-6-5-7-9-14)23-20(26)16-12-15(21)10-11-17(16)22/h5-13H,3-4H2,1-2H3,(H,23,26)/p-1/b19-13+. The number of halogens is 2. The third-order valence-corrected chi connectivity index (χ3v) is 4.35. The van der Waals surface area contributed by atoms with Crippen molar-refractivity contribution in [1.82, 2.24) is 4.90 Å². The van der Waals surface area contributed by atoms with Crippen molar-refractivity contribution in [3.05, 3.63) is 81.6 Å². The molecule has 0 amide bonds. The van der Waals surface area contributed by atoms with Gasteiger partial charge in [0.25, 0.3) is 0 Å². The molecule has 0 unspecified atom stereocenters. The summed E-state index contributed by atoms with van der Waals surface area (Å²) in [6, 6.07) is 13.4. The van der Waals surface area contributed by atoms with Gasteiger partial charge in [0.15, 0.2) is 5.78 Å². The van der Waals surface area contributed by atoms with Crippen LogP contribution in [0, 0.1) is 0 Å². The molecule has 2 aromatic rings. The molecule has 4 nitrogen and oxygen atoms in total. The summed E-state index contributed by atoms with van der Waals surface area (Å²) in [5.74, 6) is -0.470. The Morgan fingerprint density at radius 1 is 1.12 bits per heavy atom. The maximum absolute atomic E-state index is 12.6. The highest BCUT2D eigenvalue weighted by molar-refractivity contribution is 6.35. The first-order valence-electron chi connectivity index (χ1n) is 8.23. The van der Waals surface area contributed by atoms with E-state index in [1.54, 1.807) is 36.4 Å². The molecule has 0 saturated heterocycles. The molecule has 0 aliphatic heterocycles. The van der Waals surface area contributed by atoms with Crippen molar-refractivity contribution in [1.29, 1.82) is 0 Å². The van der Waals surface area contributed by atoms with Crippen molar-refractivity contribution in [3.8, 4) is 0 Å². The average Bonchev–Trinajstić information content (AvgIpc) is 2.65. The van der Waals surface area contributed by atoms with E-state index in [0.717, 1.165) is 0 Å². The Bertz CT molecular complexity index is 829. The minimum Gasteiger partial charge on any atom is -0.858 e. The first kappa shape index (κ1) is 20.0. The van der Waals surface area contributed by atoms with E-state index < -0.39 is 5.90 Å². The van der Waals surface area contributed by atoms with Crippen molar-refractivity contribution >= 4 is 34.9 Å². The van der Waals surface area contributed by atoms with E-state index in [1.165, 1.54) is 12.1 Å². The summed E-state index contributed by atoms with van der Waals surface area (Å²) in [5, 5.41) is 13.2. The fourth-order valence-corrected chi connectivity index (χ4v) is 2.74. The van der Waals surface area contributed by atoms with Gasteiger partial charge in [-0.25, -0.2) is 4.99 Å². The summed E-state index contributed by atoms with van der Waals surface area (Å²) in [7, 11) is 0. The van der Waals surface area contributed by atoms with E-state index in [1.807, 2.05) is 24.8 Å². The summed E-state index contributed by atoms with van der Waals surface area (Å²) in [4.78, 5) is 18.5. The molecular weight excluding hydrogens is 371 g/mol. The van der Waals surface area contributed by atoms with Crippen molar-refractivity contribution in [3.63, 3.8) is 0 Å². The molecule has 0 atom stereocenters. The Labute approximate surface area is 163 Å². The molecule has 6 heteroatoms. The summed E-state index contributed by atoms with van der Waals surface area (Å²) >= 11 is 12.0. The van der Waals surface area contributed by atoms with E-state index in [2.05, 4.69) is 4.99 Å². The minimum absolute atomic E-state index is 0.199. The van der Waals surface area contributed by atoms with Crippen LogP contribution in [-0.2, 0) is 0 Å². The second kappa shape index (κ2) is 9.41. The van der Waals surface area contributed by atoms with Gasteiger partial charge in [-0.3, -0.25) is 4.79 Å². The number of ketones is 1. The Kier molecular flexibility index (Phi) is 7.25. The molecule has 26 heavy (non-hydrogen) atoms. The van der Waals surface area contributed by atoms with Gasteiger partial charge in [0, 0.05) is 40.3 Å². The molecule has 2 rings (SSSR count). The predicted molar refractivity (Wildman–Crippen MR) is 105 cm³/mol. The maximum Gasteiger partial charge on any atom is 0.189 e. The van der Waals surface area contributed by atoms with Gasteiger partial charge >= 0.3 is 0 Å². The normalized spacial score (nSPS) is 12.2. The van der Waals surface area contributed by atoms with Gasteiger partial charge in [-0.2, -0.15) is 0 Å². The summed E-state index contributed by atoms with van der Waals surface area (Å²) < 4.78 is 0. The SMILES string of the molecule is CCN(CC)C(=C/C(=O)c1ccccc1)/N=C(\[O-])c1cc(Cl)ccc1Cl. The zero-order valence-electron chi connectivity index (χ0n) is 14.6. The van der Waals surface area contributed by atoms with Crippen LogP contribution < -0.4 is 5.11 Å². The number of hydrogen-bond donors (Lipinski definition) is 0. The molecule has 0 aliphatic carbocycles. The lowest BCUT2D eigenvalue weighted by molar-refractivity contribution is -0.213. The van der Waals surface area contributed by atoms with E-state index >= 15 is 0 Å². The average molecular weight is 390 g/mol. The number of carbonyl (C=O) groups is 1. The maximum atomic E-state index is 12.6. The van der Waals surface area contributed by atoms with E-state index in [-0.39, 0.29) is 16.4 Å². The fourth-order valence-electron chi connectivity index (χ4n) is 2.37. The number of hydrogen-bond acceptors (Lipinski definition) is 4. The molecule has 2 aromatic carbocycles. The lowest BCUT2D eigenvalue weighted by Gasteiger charge is -2.23. The van der Waals surface area contributed by atoms with E-state index in [0.29, 0.717) is 29.5 Å². The van der Waals surface area contributed by atoms with Gasteiger partial charge in [-0.1, -0.05) is 53.5 Å². The van der Waals surface area contributed by atoms with E-state index in [4.69, 9.17) is 23.2 Å². The minimum atomic E-state index is -0.545. The predicted octanol–water partition coefficient (Wildman–Crippen LogP) is 4.17. The number of nitrogens with zero attached hydrogens (tertiary/aromatic N) is 2. The Morgan fingerprint density at radius 2 is 1.77 bits per heavy atom. The Morgan fingerprint density at radius 3 is 2.38 bits per heavy atom. The Balaban J connectivity index is 2.46. The number of carbonyl (C=O) groups excluding carboxylic acids is 1. The van der Waals surface area contributed by atoms with Crippen LogP contribution in [0.4, 0.5) is 0 Å². The molecular formula is C20H19Cl2N2O2-. The van der Waals surface area contributed by atoms with Crippen LogP contribution in [0.5, 0.6) is 0 Å². The monoisotopic (exact) mass is 389 g/mol. The molecule has 0 saturated carbocycles. The van der Waals surface area contributed by atoms with Crippen LogP contribution in [0.25, 0.3) is 0 Å². The van der Waals surface area contributed by atoms with Crippen molar-refractivity contribution in [2.75, 3.05) is 13.1 Å². The second-order valence-electron chi connectivity index (χ2n) is 5.45. The van der Waals surface area contributed by atoms with Crippen LogP contribution in [-0.4, -0.2) is 29.7 Å². The van der Waals surface area contributed by atoms with Crippen molar-refractivity contribution in [2.45, 2.75) is 13.8 Å². The van der Waals surface area contributed by atoms with Crippen LogP contribution in [0.15, 0.2) is 65.4 Å². The first-order chi connectivity index (χ1) is 12.5. The molecule has 0 radical (unpaired) electrons. The lowest BCUT2D eigenvalue weighted by atomic mass is 10.1. The van der Waals surface area contributed by atoms with Crippen molar-refractivity contribution in [2.24, 2.45) is 4.99 Å². The van der Waals surface area contributed by atoms with Gasteiger partial charge in [-0.15, -0.1) is 0 Å². The zero-order chi connectivity index (χ0) is 19.1. The van der Waals surface area contributed by atoms with Gasteiger partial charge in [0.2, 0.25) is 0 Å². The van der Waals surface area contributed by atoms with Crippen LogP contribution in [0.2, 0.25) is 10.0 Å². The second-order valence-corrected chi connectivity index (χ2v) is 6.29. The highest BCUT2D eigenvalue weighted by Gasteiger charge is 2.10. The molecule has 0 aliphatic rings. The number of aliphatic imine (C=N–C) groups is 1. The number of benzene rings is 2. The molecule has 0 aromatic heterocycles. The smallest absolute Gasteiger partial charge is 0.189 e. The van der Waals surface area contributed by atoms with Crippen LogP contribution in [0.1, 0.15) is 29.8 Å². The fraction of sp³-hybridized carbons (Fsp3) is 0.200. The first-order valence-corrected chi connectivity index (χ1v) is 8.99. The lowest BCUT2D eigenvalue weighted by Crippen LogP contribution is -2.26. The van der Waals surface area contributed by atoms with E-state index in [9.17, 15) is 9.90 Å². The van der Waals surface area contributed by atoms with Crippen LogP contribution in [0.3, 0.4) is 0 Å².